The average molecular weight is 289 g/mol. The van der Waals surface area contributed by atoms with Crippen LogP contribution in [0.2, 0.25) is 0 Å². The number of non-ortho nitro benzene ring substituents is 1. The second-order valence-electron chi connectivity index (χ2n) is 3.85. The summed E-state index contributed by atoms with van der Waals surface area (Å²) in [6.07, 6.45) is 2.84. The van der Waals surface area contributed by atoms with Crippen LogP contribution in [0.1, 0.15) is 5.76 Å². The number of ether oxygens (including phenoxy) is 1. The highest BCUT2D eigenvalue weighted by Gasteiger charge is 2.06. The van der Waals surface area contributed by atoms with Crippen molar-refractivity contribution in [2.45, 2.75) is 0 Å². The zero-order valence-electron chi connectivity index (χ0n) is 10.8. The minimum atomic E-state index is -0.514. The molecule has 1 amide bonds. The van der Waals surface area contributed by atoms with E-state index in [9.17, 15) is 14.9 Å². The number of nitrogens with zero attached hydrogens (tertiary/aromatic N) is 2. The molecule has 0 aliphatic rings. The average Bonchev–Trinajstić information content (AvgIpc) is 2.99. The van der Waals surface area contributed by atoms with Gasteiger partial charge in [0.25, 0.3) is 11.6 Å². The SMILES string of the molecule is O=C(COc1ccc([N+](=O)[O-])cc1)N/N=C/c1ccco1. The molecular formula is C13H11N3O5. The summed E-state index contributed by atoms with van der Waals surface area (Å²) in [5, 5.41) is 14.1. The van der Waals surface area contributed by atoms with Crippen LogP contribution in [0.3, 0.4) is 0 Å². The van der Waals surface area contributed by atoms with Crippen LogP contribution < -0.4 is 10.2 Å². The Bertz CT molecular complexity index is 634. The fourth-order valence-corrected chi connectivity index (χ4v) is 1.38. The van der Waals surface area contributed by atoms with Gasteiger partial charge in [0, 0.05) is 12.1 Å². The lowest BCUT2D eigenvalue weighted by Gasteiger charge is -2.04. The third-order valence-electron chi connectivity index (χ3n) is 2.34. The number of benzene rings is 1. The molecule has 0 saturated heterocycles. The van der Waals surface area contributed by atoms with E-state index in [1.807, 2.05) is 0 Å². The minimum absolute atomic E-state index is 0.0464. The van der Waals surface area contributed by atoms with Crippen LogP contribution in [0.15, 0.2) is 52.2 Å². The highest BCUT2D eigenvalue weighted by molar-refractivity contribution is 5.81. The zero-order chi connectivity index (χ0) is 15.1. The summed E-state index contributed by atoms with van der Waals surface area (Å²) >= 11 is 0. The molecule has 0 radical (unpaired) electrons. The first-order chi connectivity index (χ1) is 10.1. The zero-order valence-corrected chi connectivity index (χ0v) is 10.8. The quantitative estimate of drug-likeness (QED) is 0.495. The van der Waals surface area contributed by atoms with E-state index in [4.69, 9.17) is 9.15 Å². The van der Waals surface area contributed by atoms with E-state index in [-0.39, 0.29) is 12.3 Å². The number of carbonyl (C=O) groups excluding carboxylic acids is 1. The highest BCUT2D eigenvalue weighted by atomic mass is 16.6. The monoisotopic (exact) mass is 289 g/mol. The molecule has 1 heterocycles. The number of hydrogen-bond acceptors (Lipinski definition) is 6. The largest absolute Gasteiger partial charge is 0.484 e. The van der Waals surface area contributed by atoms with Gasteiger partial charge in [-0.1, -0.05) is 0 Å². The first kappa shape index (κ1) is 14.3. The Morgan fingerprint density at radius 2 is 2.14 bits per heavy atom. The maximum Gasteiger partial charge on any atom is 0.277 e. The molecule has 8 heteroatoms. The summed E-state index contributed by atoms with van der Waals surface area (Å²) in [5.74, 6) is 0.397. The van der Waals surface area contributed by atoms with Crippen molar-refractivity contribution in [3.05, 3.63) is 58.5 Å². The number of rotatable bonds is 6. The van der Waals surface area contributed by atoms with Crippen molar-refractivity contribution in [1.82, 2.24) is 5.43 Å². The van der Waals surface area contributed by atoms with Gasteiger partial charge >= 0.3 is 0 Å². The molecule has 0 unspecified atom stereocenters. The van der Waals surface area contributed by atoms with Crippen LogP contribution in [0.5, 0.6) is 5.75 Å². The van der Waals surface area contributed by atoms with Gasteiger partial charge < -0.3 is 9.15 Å². The van der Waals surface area contributed by atoms with Crippen molar-refractivity contribution in [1.29, 1.82) is 0 Å². The van der Waals surface area contributed by atoms with E-state index in [0.29, 0.717) is 11.5 Å². The van der Waals surface area contributed by atoms with Crippen molar-refractivity contribution in [2.75, 3.05) is 6.61 Å². The van der Waals surface area contributed by atoms with Gasteiger partial charge in [0.1, 0.15) is 11.5 Å². The van der Waals surface area contributed by atoms with Gasteiger partial charge in [0.05, 0.1) is 17.4 Å². The van der Waals surface area contributed by atoms with Crippen LogP contribution in [0.25, 0.3) is 0 Å². The Labute approximate surface area is 119 Å². The van der Waals surface area contributed by atoms with Gasteiger partial charge in [-0.25, -0.2) is 5.43 Å². The third-order valence-corrected chi connectivity index (χ3v) is 2.34. The predicted molar refractivity (Wildman–Crippen MR) is 73.0 cm³/mol. The molecule has 1 aromatic heterocycles. The first-order valence-electron chi connectivity index (χ1n) is 5.88. The number of hydrazone groups is 1. The molecule has 0 atom stereocenters. The number of nitro benzene ring substituents is 1. The summed E-state index contributed by atoms with van der Waals surface area (Å²) in [7, 11) is 0. The number of furan rings is 1. The van der Waals surface area contributed by atoms with Crippen molar-refractivity contribution in [3.63, 3.8) is 0 Å². The first-order valence-corrected chi connectivity index (χ1v) is 5.88. The summed E-state index contributed by atoms with van der Waals surface area (Å²) in [4.78, 5) is 21.4. The number of carbonyl (C=O) groups is 1. The maximum atomic E-state index is 11.4. The van der Waals surface area contributed by atoms with E-state index in [1.165, 1.54) is 36.7 Å². The molecule has 2 rings (SSSR count). The Morgan fingerprint density at radius 1 is 1.38 bits per heavy atom. The van der Waals surface area contributed by atoms with Crippen molar-refractivity contribution in [3.8, 4) is 5.75 Å². The summed E-state index contributed by atoms with van der Waals surface area (Å²) in [6, 6.07) is 8.80. The van der Waals surface area contributed by atoms with Gasteiger partial charge in [-0.2, -0.15) is 5.10 Å². The van der Waals surface area contributed by atoms with Crippen LogP contribution in [0, 0.1) is 10.1 Å². The predicted octanol–water partition coefficient (Wildman–Crippen LogP) is 1.72. The maximum absolute atomic E-state index is 11.4. The third kappa shape index (κ3) is 4.46. The lowest BCUT2D eigenvalue weighted by Crippen LogP contribution is -2.24. The van der Waals surface area contributed by atoms with Crippen LogP contribution in [0.4, 0.5) is 5.69 Å². The molecule has 108 valence electrons. The van der Waals surface area contributed by atoms with Crippen LogP contribution >= 0.6 is 0 Å². The van der Waals surface area contributed by atoms with Gasteiger partial charge in [0.15, 0.2) is 6.61 Å². The molecule has 21 heavy (non-hydrogen) atoms. The van der Waals surface area contributed by atoms with Crippen molar-refractivity contribution >= 4 is 17.8 Å². The smallest absolute Gasteiger partial charge is 0.277 e. The topological polar surface area (TPSA) is 107 Å². The van der Waals surface area contributed by atoms with Crippen molar-refractivity contribution < 1.29 is 18.9 Å². The van der Waals surface area contributed by atoms with Gasteiger partial charge in [-0.3, -0.25) is 14.9 Å². The fourth-order valence-electron chi connectivity index (χ4n) is 1.38. The molecule has 0 fully saturated rings. The lowest BCUT2D eigenvalue weighted by atomic mass is 10.3. The molecule has 8 nitrogen and oxygen atoms in total. The van der Waals surface area contributed by atoms with Crippen LogP contribution in [-0.2, 0) is 4.79 Å². The molecule has 0 bridgehead atoms. The molecule has 0 aliphatic heterocycles. The molecule has 1 N–H and O–H groups in total. The van der Waals surface area contributed by atoms with E-state index in [0.717, 1.165) is 0 Å². The van der Waals surface area contributed by atoms with Gasteiger partial charge in [-0.15, -0.1) is 0 Å². The number of hydrogen-bond donors (Lipinski definition) is 1. The second kappa shape index (κ2) is 6.85. The van der Waals surface area contributed by atoms with Gasteiger partial charge in [-0.05, 0) is 24.3 Å². The van der Waals surface area contributed by atoms with Gasteiger partial charge in [0.2, 0.25) is 0 Å². The molecule has 0 spiro atoms. The normalized spacial score (nSPS) is 10.5. The summed E-state index contributed by atoms with van der Waals surface area (Å²) in [6.45, 7) is -0.257. The summed E-state index contributed by atoms with van der Waals surface area (Å²) < 4.78 is 10.1. The Hall–Kier alpha value is -3.16. The van der Waals surface area contributed by atoms with E-state index in [1.54, 1.807) is 12.1 Å². The van der Waals surface area contributed by atoms with Crippen molar-refractivity contribution in [2.24, 2.45) is 5.10 Å². The Morgan fingerprint density at radius 3 is 2.76 bits per heavy atom. The molecule has 2 aromatic rings. The fraction of sp³-hybridized carbons (Fsp3) is 0.0769. The molecule has 1 aromatic carbocycles. The highest BCUT2D eigenvalue weighted by Crippen LogP contribution is 2.16. The molecular weight excluding hydrogens is 278 g/mol. The number of nitrogens with one attached hydrogen (secondary N) is 1. The number of amides is 1. The molecule has 0 saturated carbocycles. The lowest BCUT2D eigenvalue weighted by molar-refractivity contribution is -0.384. The van der Waals surface area contributed by atoms with E-state index < -0.39 is 10.8 Å². The van der Waals surface area contributed by atoms with E-state index >= 15 is 0 Å². The Balaban J connectivity index is 1.77. The Kier molecular flexibility index (Phi) is 4.65. The standard InChI is InChI=1S/C13H11N3O5/c17-13(15-14-8-12-2-1-7-20-12)9-21-11-5-3-10(4-6-11)16(18)19/h1-8H,9H2,(H,15,17)/b14-8+. The van der Waals surface area contributed by atoms with Crippen LogP contribution in [-0.4, -0.2) is 23.7 Å². The second-order valence-corrected chi connectivity index (χ2v) is 3.85. The van der Waals surface area contributed by atoms with E-state index in [2.05, 4.69) is 10.5 Å². The minimum Gasteiger partial charge on any atom is -0.484 e. The molecule has 0 aliphatic carbocycles. The summed E-state index contributed by atoms with van der Waals surface area (Å²) in [5.41, 5.74) is 2.21. The number of nitro groups is 1.